The van der Waals surface area contributed by atoms with Gasteiger partial charge in [-0.1, -0.05) is 18.2 Å². The highest BCUT2D eigenvalue weighted by Crippen LogP contribution is 2.29. The molecule has 4 rings (SSSR count). The molecule has 0 atom stereocenters. The second-order valence-electron chi connectivity index (χ2n) is 6.99. The number of nitrogens with one attached hydrogen (secondary N) is 2. The van der Waals surface area contributed by atoms with Gasteiger partial charge in [-0.25, -0.2) is 4.98 Å². The van der Waals surface area contributed by atoms with E-state index in [1.165, 1.54) is 22.0 Å². The number of aromatic nitrogens is 2. The largest absolute Gasteiger partial charge is 0.379 e. The maximum Gasteiger partial charge on any atom is 0.123 e. The van der Waals surface area contributed by atoms with Crippen molar-refractivity contribution in [1.29, 1.82) is 0 Å². The highest BCUT2D eigenvalue weighted by molar-refractivity contribution is 7.13. The lowest BCUT2D eigenvalue weighted by molar-refractivity contribution is 0.414. The number of para-hydroxylation sites is 1. The van der Waals surface area contributed by atoms with Crippen molar-refractivity contribution in [3.63, 3.8) is 0 Å². The first-order valence-corrected chi connectivity index (χ1v) is 10.1. The normalized spacial score (nSPS) is 11.4. The van der Waals surface area contributed by atoms with Gasteiger partial charge in [0.2, 0.25) is 0 Å². The Morgan fingerprint density at radius 1 is 1.11 bits per heavy atom. The monoisotopic (exact) mass is 376 g/mol. The van der Waals surface area contributed by atoms with Gasteiger partial charge in [0, 0.05) is 40.3 Å². The number of hydrogen-bond donors (Lipinski definition) is 2. The Hall–Kier alpha value is -2.63. The van der Waals surface area contributed by atoms with Gasteiger partial charge in [-0.3, -0.25) is 0 Å². The molecule has 0 unspecified atom stereocenters. The third kappa shape index (κ3) is 4.21. The van der Waals surface area contributed by atoms with Crippen molar-refractivity contribution in [3.8, 4) is 10.6 Å². The minimum Gasteiger partial charge on any atom is -0.379 e. The molecule has 5 heteroatoms. The summed E-state index contributed by atoms with van der Waals surface area (Å²) >= 11 is 1.70. The lowest BCUT2D eigenvalue weighted by atomic mass is 10.1. The first-order valence-electron chi connectivity index (χ1n) is 9.17. The lowest BCUT2D eigenvalue weighted by Crippen LogP contribution is -2.14. The van der Waals surface area contributed by atoms with Crippen molar-refractivity contribution in [2.45, 2.75) is 13.0 Å². The molecule has 2 aromatic carbocycles. The van der Waals surface area contributed by atoms with Gasteiger partial charge in [0.25, 0.3) is 0 Å². The molecule has 0 radical (unpaired) electrons. The van der Waals surface area contributed by atoms with E-state index >= 15 is 0 Å². The third-order valence-corrected chi connectivity index (χ3v) is 5.58. The molecule has 0 bridgehead atoms. The molecule has 27 heavy (non-hydrogen) atoms. The first-order chi connectivity index (χ1) is 13.2. The maximum atomic E-state index is 4.83. The number of H-pyrrole nitrogens is 1. The molecule has 0 spiro atoms. The summed E-state index contributed by atoms with van der Waals surface area (Å²) in [4.78, 5) is 10.4. The summed E-state index contributed by atoms with van der Waals surface area (Å²) < 4.78 is 0. The maximum absolute atomic E-state index is 4.83. The Kier molecular flexibility index (Phi) is 5.23. The van der Waals surface area contributed by atoms with E-state index < -0.39 is 0 Å². The minimum atomic E-state index is 0.737. The standard InChI is InChI=1S/C22H24N4S/c1-26(2)11-10-17-13-24-21-9-8-16(12-20(17)21)22-25-19(15-27-22)14-23-18-6-4-3-5-7-18/h3-9,12-13,15,23-24H,10-11,14H2,1-2H3. The molecule has 2 heterocycles. The summed E-state index contributed by atoms with van der Waals surface area (Å²) in [6, 6.07) is 16.8. The zero-order valence-corrected chi connectivity index (χ0v) is 16.5. The van der Waals surface area contributed by atoms with Gasteiger partial charge in [-0.05, 0) is 56.4 Å². The molecule has 0 fully saturated rings. The quantitative estimate of drug-likeness (QED) is 0.477. The molecule has 0 aliphatic rings. The summed E-state index contributed by atoms with van der Waals surface area (Å²) in [6.07, 6.45) is 3.18. The van der Waals surface area contributed by atoms with E-state index in [0.717, 1.165) is 35.9 Å². The summed E-state index contributed by atoms with van der Waals surface area (Å²) in [7, 11) is 4.22. The van der Waals surface area contributed by atoms with E-state index in [1.807, 2.05) is 18.2 Å². The van der Waals surface area contributed by atoms with Crippen molar-refractivity contribution >= 4 is 27.9 Å². The molecule has 2 aromatic heterocycles. The van der Waals surface area contributed by atoms with Crippen molar-refractivity contribution in [2.75, 3.05) is 26.0 Å². The Morgan fingerprint density at radius 3 is 2.78 bits per heavy atom. The Morgan fingerprint density at radius 2 is 1.96 bits per heavy atom. The fourth-order valence-electron chi connectivity index (χ4n) is 3.13. The zero-order valence-electron chi connectivity index (χ0n) is 15.7. The van der Waals surface area contributed by atoms with Crippen LogP contribution in [0.25, 0.3) is 21.5 Å². The van der Waals surface area contributed by atoms with Crippen LogP contribution in [-0.2, 0) is 13.0 Å². The van der Waals surface area contributed by atoms with Gasteiger partial charge < -0.3 is 15.2 Å². The highest BCUT2D eigenvalue weighted by atomic mass is 32.1. The molecule has 0 aliphatic heterocycles. The van der Waals surface area contributed by atoms with Crippen LogP contribution in [0, 0.1) is 0 Å². The summed E-state index contributed by atoms with van der Waals surface area (Å²) in [5.74, 6) is 0. The van der Waals surface area contributed by atoms with Crippen LogP contribution in [0.2, 0.25) is 0 Å². The number of aromatic amines is 1. The Bertz CT molecular complexity index is 1020. The van der Waals surface area contributed by atoms with Gasteiger partial charge in [-0.15, -0.1) is 11.3 Å². The molecule has 0 amide bonds. The Balaban J connectivity index is 1.52. The van der Waals surface area contributed by atoms with Crippen molar-refractivity contribution in [1.82, 2.24) is 14.9 Å². The van der Waals surface area contributed by atoms with E-state index in [0.29, 0.717) is 0 Å². The van der Waals surface area contributed by atoms with Gasteiger partial charge >= 0.3 is 0 Å². The fourth-order valence-corrected chi connectivity index (χ4v) is 3.95. The lowest BCUT2D eigenvalue weighted by Gasteiger charge is -2.08. The van der Waals surface area contributed by atoms with Crippen LogP contribution in [-0.4, -0.2) is 35.5 Å². The number of hydrogen-bond acceptors (Lipinski definition) is 4. The van der Waals surface area contributed by atoms with Gasteiger partial charge in [0.1, 0.15) is 5.01 Å². The van der Waals surface area contributed by atoms with E-state index in [2.05, 4.69) is 71.2 Å². The highest BCUT2D eigenvalue weighted by Gasteiger charge is 2.09. The first kappa shape index (κ1) is 17.8. The van der Waals surface area contributed by atoms with Crippen LogP contribution >= 0.6 is 11.3 Å². The van der Waals surface area contributed by atoms with Gasteiger partial charge in [0.15, 0.2) is 0 Å². The van der Waals surface area contributed by atoms with Crippen LogP contribution in [0.15, 0.2) is 60.1 Å². The van der Waals surface area contributed by atoms with Crippen molar-refractivity contribution < 1.29 is 0 Å². The molecule has 0 saturated heterocycles. The molecule has 0 aliphatic carbocycles. The van der Waals surface area contributed by atoms with E-state index in [9.17, 15) is 0 Å². The smallest absolute Gasteiger partial charge is 0.123 e. The average molecular weight is 377 g/mol. The van der Waals surface area contributed by atoms with E-state index in [-0.39, 0.29) is 0 Å². The van der Waals surface area contributed by atoms with Crippen molar-refractivity contribution in [3.05, 3.63) is 71.4 Å². The second-order valence-corrected chi connectivity index (χ2v) is 7.85. The SMILES string of the molecule is CN(C)CCc1c[nH]c2ccc(-c3nc(CNc4ccccc4)cs3)cc12. The number of thiazole rings is 1. The topological polar surface area (TPSA) is 44.0 Å². The van der Waals surface area contributed by atoms with Crippen LogP contribution < -0.4 is 5.32 Å². The number of anilines is 1. The predicted molar refractivity (Wildman–Crippen MR) is 115 cm³/mol. The number of nitrogens with zero attached hydrogens (tertiary/aromatic N) is 2. The molecule has 138 valence electrons. The average Bonchev–Trinajstić information content (AvgIpc) is 3.32. The summed E-state index contributed by atoms with van der Waals surface area (Å²) in [5, 5.41) is 7.93. The van der Waals surface area contributed by atoms with E-state index in [4.69, 9.17) is 4.98 Å². The fraction of sp³-hybridized carbons (Fsp3) is 0.227. The molecule has 0 saturated carbocycles. The number of likely N-dealkylation sites (N-methyl/N-ethyl adjacent to an activating group) is 1. The van der Waals surface area contributed by atoms with Gasteiger partial charge in [-0.2, -0.15) is 0 Å². The van der Waals surface area contributed by atoms with Crippen LogP contribution in [0.4, 0.5) is 5.69 Å². The van der Waals surface area contributed by atoms with Crippen LogP contribution in [0.5, 0.6) is 0 Å². The van der Waals surface area contributed by atoms with E-state index in [1.54, 1.807) is 11.3 Å². The third-order valence-electron chi connectivity index (χ3n) is 4.64. The summed E-state index contributed by atoms with van der Waals surface area (Å²) in [6.45, 7) is 1.78. The molecule has 4 nitrogen and oxygen atoms in total. The molecular formula is C22H24N4S. The second kappa shape index (κ2) is 7.94. The van der Waals surface area contributed by atoms with Crippen LogP contribution in [0.1, 0.15) is 11.3 Å². The van der Waals surface area contributed by atoms with Gasteiger partial charge in [0.05, 0.1) is 12.2 Å². The predicted octanol–water partition coefficient (Wildman–Crippen LogP) is 5.01. The van der Waals surface area contributed by atoms with Crippen molar-refractivity contribution in [2.24, 2.45) is 0 Å². The minimum absolute atomic E-state index is 0.737. The number of rotatable bonds is 7. The summed E-state index contributed by atoms with van der Waals surface area (Å²) in [5.41, 5.74) is 5.93. The number of benzene rings is 2. The molecular weight excluding hydrogens is 352 g/mol. The zero-order chi connectivity index (χ0) is 18.6. The Labute approximate surface area is 163 Å². The molecule has 4 aromatic rings. The number of fused-ring (bicyclic) bond motifs is 1. The van der Waals surface area contributed by atoms with Crippen LogP contribution in [0.3, 0.4) is 0 Å². The molecule has 2 N–H and O–H groups in total.